The topological polar surface area (TPSA) is 111 Å². The summed E-state index contributed by atoms with van der Waals surface area (Å²) in [5, 5.41) is 11.1. The Morgan fingerprint density at radius 1 is 0.957 bits per heavy atom. The first-order valence-corrected chi connectivity index (χ1v) is 9.91. The molecule has 122 valence electrons. The van der Waals surface area contributed by atoms with Gasteiger partial charge in [-0.15, -0.1) is 0 Å². The third-order valence-corrected chi connectivity index (χ3v) is 5.92. The Morgan fingerprint density at radius 3 is 2.09 bits per heavy atom. The summed E-state index contributed by atoms with van der Waals surface area (Å²) in [6.45, 7) is 0. The predicted molar refractivity (Wildman–Crippen MR) is 83.5 cm³/mol. The third-order valence-electron chi connectivity index (χ3n) is 3.12. The molecule has 0 radical (unpaired) electrons. The van der Waals surface area contributed by atoms with Crippen LogP contribution in [-0.4, -0.2) is 28.0 Å². The molecular weight excluding hydrogens is 342 g/mol. The summed E-state index contributed by atoms with van der Waals surface area (Å²) in [5.74, 6) is -0.656. The van der Waals surface area contributed by atoms with Crippen LogP contribution < -0.4 is 0 Å². The molecule has 9 heteroatoms. The first-order valence-electron chi connectivity index (χ1n) is 6.36. The summed E-state index contributed by atoms with van der Waals surface area (Å²) in [4.78, 5) is 10.2. The van der Waals surface area contributed by atoms with E-state index in [0.29, 0.717) is 0 Å². The zero-order valence-electron chi connectivity index (χ0n) is 12.0. The molecule has 0 aliphatic heterocycles. The smallest absolute Gasteiger partial charge is 0.258 e. The lowest BCUT2D eigenvalue weighted by molar-refractivity contribution is -0.385. The molecule has 0 aromatic heterocycles. The lowest BCUT2D eigenvalue weighted by Gasteiger charge is -2.07. The minimum atomic E-state index is -3.83. The highest BCUT2D eigenvalue weighted by Gasteiger charge is 2.24. The van der Waals surface area contributed by atoms with Crippen molar-refractivity contribution in [1.82, 2.24) is 0 Å². The van der Waals surface area contributed by atoms with Crippen molar-refractivity contribution in [2.75, 3.05) is 6.26 Å². The van der Waals surface area contributed by atoms with E-state index < -0.39 is 36.0 Å². The van der Waals surface area contributed by atoms with E-state index >= 15 is 0 Å². The van der Waals surface area contributed by atoms with E-state index in [9.17, 15) is 26.9 Å². The first kappa shape index (κ1) is 17.1. The van der Waals surface area contributed by atoms with E-state index in [4.69, 9.17) is 0 Å². The first-order chi connectivity index (χ1) is 10.6. The lowest BCUT2D eigenvalue weighted by Crippen LogP contribution is -2.08. The van der Waals surface area contributed by atoms with Crippen molar-refractivity contribution in [2.24, 2.45) is 0 Å². The molecule has 2 aromatic rings. The van der Waals surface area contributed by atoms with Gasteiger partial charge in [0.05, 0.1) is 20.5 Å². The Bertz CT molecular complexity index is 950. The van der Waals surface area contributed by atoms with Crippen LogP contribution in [-0.2, 0) is 25.4 Å². The molecule has 2 rings (SSSR count). The van der Waals surface area contributed by atoms with E-state index in [-0.39, 0.29) is 15.4 Å². The molecule has 7 nitrogen and oxygen atoms in total. The quantitative estimate of drug-likeness (QED) is 0.599. The van der Waals surface area contributed by atoms with Gasteiger partial charge in [0.25, 0.3) is 5.69 Å². The number of hydrogen-bond donors (Lipinski definition) is 0. The second-order valence-corrected chi connectivity index (χ2v) is 8.90. The van der Waals surface area contributed by atoms with Crippen molar-refractivity contribution in [1.29, 1.82) is 0 Å². The molecule has 0 bridgehead atoms. The zero-order chi connectivity index (χ0) is 17.3. The number of nitro groups is 1. The van der Waals surface area contributed by atoms with Gasteiger partial charge >= 0.3 is 0 Å². The van der Waals surface area contributed by atoms with Crippen LogP contribution in [0.5, 0.6) is 0 Å². The number of rotatable bonds is 5. The molecule has 0 heterocycles. The Labute approximate surface area is 133 Å². The highest BCUT2D eigenvalue weighted by Crippen LogP contribution is 2.26. The zero-order valence-corrected chi connectivity index (χ0v) is 13.7. The molecule has 2 aromatic carbocycles. The van der Waals surface area contributed by atoms with Gasteiger partial charge in [0.1, 0.15) is 0 Å². The van der Waals surface area contributed by atoms with Crippen molar-refractivity contribution < 1.29 is 21.8 Å². The van der Waals surface area contributed by atoms with E-state index in [0.717, 1.165) is 24.5 Å². The summed E-state index contributed by atoms with van der Waals surface area (Å²) in [5.41, 5.74) is -0.598. The Balaban J connectivity index is 2.56. The second kappa shape index (κ2) is 6.09. The van der Waals surface area contributed by atoms with Crippen LogP contribution in [0.3, 0.4) is 0 Å². The fourth-order valence-electron chi connectivity index (χ4n) is 2.00. The van der Waals surface area contributed by atoms with Crippen LogP contribution in [0.15, 0.2) is 58.3 Å². The summed E-state index contributed by atoms with van der Waals surface area (Å²) >= 11 is 0. The maximum Gasteiger partial charge on any atom is 0.273 e. The van der Waals surface area contributed by atoms with Gasteiger partial charge < -0.3 is 0 Å². The number of nitro benzene ring substituents is 1. The largest absolute Gasteiger partial charge is 0.273 e. The minimum Gasteiger partial charge on any atom is -0.258 e. The average molecular weight is 355 g/mol. The van der Waals surface area contributed by atoms with Crippen molar-refractivity contribution in [2.45, 2.75) is 15.5 Å². The van der Waals surface area contributed by atoms with Gasteiger partial charge in [-0.1, -0.05) is 18.2 Å². The van der Waals surface area contributed by atoms with Crippen molar-refractivity contribution >= 4 is 25.4 Å². The number of sulfone groups is 2. The van der Waals surface area contributed by atoms with Gasteiger partial charge in [-0.2, -0.15) is 0 Å². The molecule has 0 atom stereocenters. The lowest BCUT2D eigenvalue weighted by atomic mass is 10.2. The molecule has 0 N–H and O–H groups in total. The monoisotopic (exact) mass is 355 g/mol. The molecule has 0 unspecified atom stereocenters. The molecule has 0 spiro atoms. The van der Waals surface area contributed by atoms with E-state index in [1.807, 2.05) is 0 Å². The molecule has 0 aliphatic rings. The fourth-order valence-corrected chi connectivity index (χ4v) is 4.05. The molecule has 0 aliphatic carbocycles. The average Bonchev–Trinajstić information content (AvgIpc) is 2.46. The van der Waals surface area contributed by atoms with Gasteiger partial charge in [0.2, 0.25) is 0 Å². The standard InChI is InChI=1S/C14H13NO6S2/c1-22(18,19)13-7-8-14(15(16)17)11(9-13)10-23(20,21)12-5-3-2-4-6-12/h2-9H,10H2,1H3. The van der Waals surface area contributed by atoms with Gasteiger partial charge in [-0.05, 0) is 24.3 Å². The van der Waals surface area contributed by atoms with Gasteiger partial charge in [-0.25, -0.2) is 16.8 Å². The number of benzene rings is 2. The maximum atomic E-state index is 12.4. The normalized spacial score (nSPS) is 12.0. The van der Waals surface area contributed by atoms with Gasteiger partial charge in [-0.3, -0.25) is 10.1 Å². The van der Waals surface area contributed by atoms with Gasteiger partial charge in [0.15, 0.2) is 19.7 Å². The molecule has 0 fully saturated rings. The fraction of sp³-hybridized carbons (Fsp3) is 0.143. The Kier molecular flexibility index (Phi) is 4.53. The van der Waals surface area contributed by atoms with E-state index in [1.54, 1.807) is 6.07 Å². The highest BCUT2D eigenvalue weighted by atomic mass is 32.2. The minimum absolute atomic E-state index is 0.0130. The summed E-state index contributed by atoms with van der Waals surface area (Å²) in [6, 6.07) is 10.6. The highest BCUT2D eigenvalue weighted by molar-refractivity contribution is 7.91. The summed E-state index contributed by atoms with van der Waals surface area (Å²) < 4.78 is 47.9. The van der Waals surface area contributed by atoms with Crippen molar-refractivity contribution in [3.05, 3.63) is 64.2 Å². The second-order valence-electron chi connectivity index (χ2n) is 4.89. The Morgan fingerprint density at radius 2 is 1.57 bits per heavy atom. The van der Waals surface area contributed by atoms with Gasteiger partial charge in [0, 0.05) is 17.9 Å². The molecule has 23 heavy (non-hydrogen) atoms. The molecule has 0 saturated carbocycles. The number of hydrogen-bond acceptors (Lipinski definition) is 6. The van der Waals surface area contributed by atoms with Crippen LogP contribution in [0, 0.1) is 10.1 Å². The number of nitrogens with zero attached hydrogens (tertiary/aromatic N) is 1. The Hall–Kier alpha value is -2.26. The SMILES string of the molecule is CS(=O)(=O)c1ccc([N+](=O)[O-])c(CS(=O)(=O)c2ccccc2)c1. The molecular formula is C14H13NO6S2. The van der Waals surface area contributed by atoms with Crippen LogP contribution >= 0.6 is 0 Å². The predicted octanol–water partition coefficient (Wildman–Crippen LogP) is 1.97. The van der Waals surface area contributed by atoms with Crippen LogP contribution in [0.2, 0.25) is 0 Å². The van der Waals surface area contributed by atoms with Crippen molar-refractivity contribution in [3.63, 3.8) is 0 Å². The third kappa shape index (κ3) is 3.93. The summed E-state index contributed by atoms with van der Waals surface area (Å²) in [7, 11) is -7.44. The van der Waals surface area contributed by atoms with E-state index in [1.165, 1.54) is 24.3 Å². The van der Waals surface area contributed by atoms with Crippen LogP contribution in [0.25, 0.3) is 0 Å². The van der Waals surface area contributed by atoms with Crippen molar-refractivity contribution in [3.8, 4) is 0 Å². The van der Waals surface area contributed by atoms with E-state index in [2.05, 4.69) is 0 Å². The molecule has 0 amide bonds. The molecule has 0 saturated heterocycles. The van der Waals surface area contributed by atoms with Crippen LogP contribution in [0.4, 0.5) is 5.69 Å². The summed E-state index contributed by atoms with van der Waals surface area (Å²) in [6.07, 6.45) is 0.948. The maximum absolute atomic E-state index is 12.4. The van der Waals surface area contributed by atoms with Crippen LogP contribution in [0.1, 0.15) is 5.56 Å².